The van der Waals surface area contributed by atoms with Gasteiger partial charge in [-0.2, -0.15) is 4.98 Å². The van der Waals surface area contributed by atoms with Gasteiger partial charge in [0.25, 0.3) is 5.89 Å². The third-order valence-corrected chi connectivity index (χ3v) is 6.56. The van der Waals surface area contributed by atoms with Gasteiger partial charge in [0.2, 0.25) is 11.1 Å². The fourth-order valence-corrected chi connectivity index (χ4v) is 4.51. The Hall–Kier alpha value is -3.35. The monoisotopic (exact) mass is 475 g/mol. The molecule has 5 rings (SSSR count). The molecule has 1 saturated heterocycles. The van der Waals surface area contributed by atoms with Crippen molar-refractivity contribution in [2.45, 2.75) is 19.4 Å². The maximum Gasteiger partial charge on any atom is 0.258 e. The molecule has 0 unspecified atom stereocenters. The second-order valence-corrected chi connectivity index (χ2v) is 8.91. The summed E-state index contributed by atoms with van der Waals surface area (Å²) in [6, 6.07) is 22.3. The Morgan fingerprint density at radius 3 is 2.35 bits per heavy atom. The summed E-state index contributed by atoms with van der Waals surface area (Å²) in [6.07, 6.45) is 1.61. The second kappa shape index (κ2) is 9.87. The lowest BCUT2D eigenvalue weighted by Gasteiger charge is -2.30. The summed E-state index contributed by atoms with van der Waals surface area (Å²) in [5.74, 6) is 0.368. The van der Waals surface area contributed by atoms with Crippen molar-refractivity contribution < 1.29 is 13.7 Å². The minimum Gasteiger partial charge on any atom is -0.334 e. The first-order valence-corrected chi connectivity index (χ1v) is 11.6. The van der Waals surface area contributed by atoms with Crippen LogP contribution < -0.4 is 0 Å². The molecular weight excluding hydrogens is 453 g/mol. The van der Waals surface area contributed by atoms with E-state index in [0.29, 0.717) is 17.0 Å². The van der Waals surface area contributed by atoms with Crippen LogP contribution in [0.4, 0.5) is 4.39 Å². The van der Waals surface area contributed by atoms with Crippen LogP contribution in [0.25, 0.3) is 34.0 Å². The Kier molecular flexibility index (Phi) is 6.52. The zero-order chi connectivity index (χ0) is 23.5. The highest BCUT2D eigenvalue weighted by atomic mass is 35.5. The number of nitrogens with zero attached hydrogens (tertiary/aromatic N) is 3. The number of benzene rings is 3. The van der Waals surface area contributed by atoms with Crippen molar-refractivity contribution >= 4 is 16.8 Å². The number of hydrogen-bond donors (Lipinski definition) is 0. The van der Waals surface area contributed by atoms with Crippen molar-refractivity contribution in [1.29, 1.82) is 0 Å². The van der Waals surface area contributed by atoms with Gasteiger partial charge in [0, 0.05) is 29.2 Å². The van der Waals surface area contributed by atoms with Crippen LogP contribution in [0, 0.1) is 11.7 Å². The number of rotatable bonds is 6. The maximum atomic E-state index is 14.7. The number of hydrogen-bond acceptors (Lipinski definition) is 5. The van der Waals surface area contributed by atoms with Gasteiger partial charge in [-0.05, 0) is 60.8 Å². The summed E-state index contributed by atoms with van der Waals surface area (Å²) in [4.78, 5) is 18.1. The average Bonchev–Trinajstić information content (AvgIpc) is 3.36. The first kappa shape index (κ1) is 22.4. The predicted octanol–water partition coefficient (Wildman–Crippen LogP) is 6.19. The molecular formula is C27H23ClFN3O2. The topological polar surface area (TPSA) is 59.2 Å². The lowest BCUT2D eigenvalue weighted by atomic mass is 9.98. The summed E-state index contributed by atoms with van der Waals surface area (Å²) in [5.41, 5.74) is 3.87. The molecule has 4 aromatic rings. The quantitative estimate of drug-likeness (QED) is 0.311. The van der Waals surface area contributed by atoms with Crippen LogP contribution in [0.3, 0.4) is 0 Å². The fourth-order valence-electron chi connectivity index (χ4n) is 4.29. The van der Waals surface area contributed by atoms with Crippen LogP contribution in [-0.2, 0) is 11.3 Å². The molecule has 0 aliphatic carbocycles. The summed E-state index contributed by atoms with van der Waals surface area (Å²) in [5, 5.41) is 3.86. The van der Waals surface area contributed by atoms with Crippen molar-refractivity contribution in [2.75, 3.05) is 13.1 Å². The van der Waals surface area contributed by atoms with Gasteiger partial charge >= 0.3 is 0 Å². The zero-order valence-corrected chi connectivity index (χ0v) is 19.2. The highest BCUT2D eigenvalue weighted by molar-refractivity contribution is 6.63. The summed E-state index contributed by atoms with van der Waals surface area (Å²) >= 11 is 5.63. The maximum absolute atomic E-state index is 14.7. The third kappa shape index (κ3) is 4.93. The molecule has 0 N–H and O–H groups in total. The van der Waals surface area contributed by atoms with Crippen molar-refractivity contribution in [1.82, 2.24) is 15.0 Å². The van der Waals surface area contributed by atoms with E-state index in [1.54, 1.807) is 12.1 Å². The van der Waals surface area contributed by atoms with Gasteiger partial charge in [-0.25, -0.2) is 4.39 Å². The van der Waals surface area contributed by atoms with Crippen molar-refractivity contribution in [3.8, 4) is 34.0 Å². The number of aromatic nitrogens is 2. The molecule has 0 spiro atoms. The SMILES string of the molecule is O=C(Cl)C1CCN(Cc2ccc(-c3noc(-c4ccc(-c5ccccc5)c(F)c4)n3)cc2)CC1. The van der Waals surface area contributed by atoms with E-state index < -0.39 is 0 Å². The van der Waals surface area contributed by atoms with Crippen LogP contribution in [0.1, 0.15) is 18.4 Å². The lowest BCUT2D eigenvalue weighted by molar-refractivity contribution is -0.116. The van der Waals surface area contributed by atoms with Crippen LogP contribution in [0.5, 0.6) is 0 Å². The average molecular weight is 476 g/mol. The lowest BCUT2D eigenvalue weighted by Crippen LogP contribution is -2.34. The molecule has 0 amide bonds. The van der Waals surface area contributed by atoms with Crippen molar-refractivity contribution in [2.24, 2.45) is 5.92 Å². The van der Waals surface area contributed by atoms with Crippen LogP contribution in [-0.4, -0.2) is 33.4 Å². The molecule has 0 atom stereocenters. The Labute approximate surface area is 202 Å². The summed E-state index contributed by atoms with van der Waals surface area (Å²) in [6.45, 7) is 2.53. The van der Waals surface area contributed by atoms with E-state index >= 15 is 0 Å². The summed E-state index contributed by atoms with van der Waals surface area (Å²) in [7, 11) is 0. The molecule has 0 saturated carbocycles. The molecule has 0 bridgehead atoms. The first-order chi connectivity index (χ1) is 16.6. The van der Waals surface area contributed by atoms with E-state index in [4.69, 9.17) is 16.1 Å². The minimum absolute atomic E-state index is 0.0178. The second-order valence-electron chi connectivity index (χ2n) is 8.54. The molecule has 7 heteroatoms. The van der Waals surface area contributed by atoms with E-state index in [2.05, 4.69) is 15.0 Å². The van der Waals surface area contributed by atoms with Crippen molar-refractivity contribution in [3.63, 3.8) is 0 Å². The highest BCUT2D eigenvalue weighted by Gasteiger charge is 2.23. The predicted molar refractivity (Wildman–Crippen MR) is 129 cm³/mol. The molecule has 34 heavy (non-hydrogen) atoms. The van der Waals surface area contributed by atoms with Gasteiger partial charge in [0.1, 0.15) is 5.82 Å². The molecule has 2 heterocycles. The van der Waals surface area contributed by atoms with E-state index in [1.807, 2.05) is 54.6 Å². The van der Waals surface area contributed by atoms with Crippen molar-refractivity contribution in [3.05, 3.63) is 84.2 Å². The number of carbonyl (C=O) groups is 1. The van der Waals surface area contributed by atoms with Gasteiger partial charge < -0.3 is 4.52 Å². The Balaban J connectivity index is 1.26. The number of halogens is 2. The highest BCUT2D eigenvalue weighted by Crippen LogP contribution is 2.29. The van der Waals surface area contributed by atoms with Gasteiger partial charge in [-0.3, -0.25) is 9.69 Å². The fraction of sp³-hybridized carbons (Fsp3) is 0.222. The molecule has 1 aliphatic heterocycles. The number of piperidine rings is 1. The minimum atomic E-state index is -0.341. The molecule has 5 nitrogen and oxygen atoms in total. The zero-order valence-electron chi connectivity index (χ0n) is 18.5. The van der Waals surface area contributed by atoms with E-state index in [1.165, 1.54) is 11.6 Å². The van der Waals surface area contributed by atoms with Crippen LogP contribution >= 0.6 is 11.6 Å². The largest absolute Gasteiger partial charge is 0.334 e. The normalized spacial score (nSPS) is 14.9. The Bertz CT molecular complexity index is 1280. The van der Waals surface area contributed by atoms with E-state index in [-0.39, 0.29) is 22.9 Å². The van der Waals surface area contributed by atoms with Crippen LogP contribution in [0.15, 0.2) is 77.3 Å². The van der Waals surface area contributed by atoms with E-state index in [0.717, 1.165) is 43.6 Å². The van der Waals surface area contributed by atoms with E-state index in [9.17, 15) is 9.18 Å². The number of carbonyl (C=O) groups excluding carboxylic acids is 1. The molecule has 172 valence electrons. The molecule has 1 fully saturated rings. The Morgan fingerprint density at radius 1 is 0.971 bits per heavy atom. The molecule has 1 aliphatic rings. The third-order valence-electron chi connectivity index (χ3n) is 6.25. The van der Waals surface area contributed by atoms with Gasteiger partial charge in [-0.15, -0.1) is 0 Å². The standard InChI is InChI=1S/C27H23ClFN3O2/c28-25(33)20-12-14-32(15-13-20)17-18-6-8-21(9-7-18)26-30-27(34-31-26)22-10-11-23(24(29)16-22)19-4-2-1-3-5-19/h1-11,16,20H,12-15,17H2. The first-order valence-electron chi connectivity index (χ1n) is 11.3. The molecule has 0 radical (unpaired) electrons. The number of likely N-dealkylation sites (tertiary alicyclic amines) is 1. The van der Waals surface area contributed by atoms with Gasteiger partial charge in [-0.1, -0.05) is 65.8 Å². The molecule has 1 aromatic heterocycles. The van der Waals surface area contributed by atoms with Gasteiger partial charge in [0.15, 0.2) is 0 Å². The Morgan fingerprint density at radius 2 is 1.68 bits per heavy atom. The molecule has 3 aromatic carbocycles. The van der Waals surface area contributed by atoms with Gasteiger partial charge in [0.05, 0.1) is 0 Å². The summed E-state index contributed by atoms with van der Waals surface area (Å²) < 4.78 is 20.1. The smallest absolute Gasteiger partial charge is 0.258 e. The van der Waals surface area contributed by atoms with Crippen LogP contribution in [0.2, 0.25) is 0 Å².